The van der Waals surface area contributed by atoms with Gasteiger partial charge < -0.3 is 4.74 Å². The molecule has 0 spiro atoms. The van der Waals surface area contributed by atoms with E-state index in [-0.39, 0.29) is 17.5 Å². The number of ether oxygens (including phenoxy) is 1. The number of nitrogens with zero attached hydrogens (tertiary/aromatic N) is 1. The highest BCUT2D eigenvalue weighted by Gasteiger charge is 2.13. The van der Waals surface area contributed by atoms with Crippen molar-refractivity contribution in [1.82, 2.24) is 4.98 Å². The minimum atomic E-state index is -1.05. The molecule has 0 aliphatic carbocycles. The molecule has 3 aromatic rings. The Balaban J connectivity index is 2.09. The molecule has 0 radical (unpaired) electrons. The van der Waals surface area contributed by atoms with E-state index < -0.39 is 11.6 Å². The van der Waals surface area contributed by atoms with Crippen LogP contribution < -0.4 is 4.74 Å². The van der Waals surface area contributed by atoms with E-state index in [0.29, 0.717) is 11.1 Å². The van der Waals surface area contributed by atoms with Gasteiger partial charge in [-0.05, 0) is 24.3 Å². The van der Waals surface area contributed by atoms with Crippen LogP contribution in [-0.4, -0.2) is 4.98 Å². The van der Waals surface area contributed by atoms with Gasteiger partial charge in [-0.2, -0.15) is 4.39 Å². The summed E-state index contributed by atoms with van der Waals surface area (Å²) in [6.07, 6.45) is 0. The summed E-state index contributed by atoms with van der Waals surface area (Å²) in [6.45, 7) is 0. The van der Waals surface area contributed by atoms with E-state index in [2.05, 4.69) is 4.98 Å². The van der Waals surface area contributed by atoms with E-state index >= 15 is 0 Å². The van der Waals surface area contributed by atoms with Crippen LogP contribution in [0, 0.1) is 11.6 Å². The van der Waals surface area contributed by atoms with Gasteiger partial charge in [0.05, 0.1) is 11.4 Å². The monoisotopic (exact) mass is 305 g/mol. The Morgan fingerprint density at radius 2 is 1.86 bits per heavy atom. The second-order valence-corrected chi connectivity index (χ2v) is 4.70. The number of benzene rings is 2. The predicted molar refractivity (Wildman–Crippen MR) is 77.7 cm³/mol. The molecule has 3 rings (SSSR count). The first-order valence-electron chi connectivity index (χ1n) is 6.25. The van der Waals surface area contributed by atoms with E-state index in [1.54, 1.807) is 0 Å². The summed E-state index contributed by atoms with van der Waals surface area (Å²) in [7, 11) is 0. The molecule has 1 aromatic heterocycles. The van der Waals surface area contributed by atoms with Crippen LogP contribution in [0.4, 0.5) is 8.78 Å². The van der Waals surface area contributed by atoms with Gasteiger partial charge in [-0.3, -0.25) is 0 Å². The predicted octanol–water partition coefficient (Wildman–Crippen LogP) is 5.04. The smallest absolute Gasteiger partial charge is 0.224 e. The third-order valence-corrected chi connectivity index (χ3v) is 3.32. The minimum absolute atomic E-state index is 0.157. The van der Waals surface area contributed by atoms with Crippen molar-refractivity contribution >= 4 is 22.5 Å². The van der Waals surface area contributed by atoms with Gasteiger partial charge >= 0.3 is 0 Å². The van der Waals surface area contributed by atoms with Gasteiger partial charge in [-0.15, -0.1) is 11.6 Å². The molecule has 0 bridgehead atoms. The molecule has 0 aliphatic heterocycles. The molecule has 2 aromatic carbocycles. The fourth-order valence-electron chi connectivity index (χ4n) is 1.99. The van der Waals surface area contributed by atoms with Gasteiger partial charge in [0.15, 0.2) is 11.6 Å². The van der Waals surface area contributed by atoms with Crippen LogP contribution in [0.15, 0.2) is 48.5 Å². The average Bonchev–Trinajstić information content (AvgIpc) is 2.51. The molecule has 0 aliphatic rings. The summed E-state index contributed by atoms with van der Waals surface area (Å²) in [5.41, 5.74) is 1.30. The van der Waals surface area contributed by atoms with Crippen molar-refractivity contribution in [3.05, 3.63) is 65.7 Å². The summed E-state index contributed by atoms with van der Waals surface area (Å²) in [5, 5.41) is 0.903. The van der Waals surface area contributed by atoms with Crippen LogP contribution >= 0.6 is 11.6 Å². The van der Waals surface area contributed by atoms with Gasteiger partial charge in [0, 0.05) is 10.9 Å². The van der Waals surface area contributed by atoms with E-state index in [9.17, 15) is 8.78 Å². The first-order chi connectivity index (χ1) is 10.2. The summed E-state index contributed by atoms with van der Waals surface area (Å²) < 4.78 is 32.3. The number of hydrogen-bond donors (Lipinski definition) is 0. The zero-order valence-electron chi connectivity index (χ0n) is 10.8. The molecule has 1 heterocycles. The lowest BCUT2D eigenvalue weighted by atomic mass is 10.1. The van der Waals surface area contributed by atoms with E-state index in [4.69, 9.17) is 16.3 Å². The molecule has 2 nitrogen and oxygen atoms in total. The molecule has 0 saturated carbocycles. The second kappa shape index (κ2) is 5.66. The molecule has 106 valence electrons. The van der Waals surface area contributed by atoms with Crippen LogP contribution in [0.3, 0.4) is 0 Å². The van der Waals surface area contributed by atoms with Crippen molar-refractivity contribution in [1.29, 1.82) is 0 Å². The standard InChI is InChI=1S/C16H10ClF2NO/c17-9-11-8-10-4-1-2-6-13(10)20-16(11)21-14-7-3-5-12(18)15(14)19/h1-8H,9H2. The lowest BCUT2D eigenvalue weighted by Gasteiger charge is -2.10. The van der Waals surface area contributed by atoms with Crippen molar-refractivity contribution < 1.29 is 13.5 Å². The third kappa shape index (κ3) is 2.67. The number of para-hydroxylation sites is 1. The Labute approximate surface area is 125 Å². The second-order valence-electron chi connectivity index (χ2n) is 4.43. The number of fused-ring (bicyclic) bond motifs is 1. The van der Waals surface area contributed by atoms with Crippen molar-refractivity contribution in [2.24, 2.45) is 0 Å². The zero-order valence-corrected chi connectivity index (χ0v) is 11.6. The van der Waals surface area contributed by atoms with Gasteiger partial charge in [0.2, 0.25) is 11.7 Å². The Bertz CT molecular complexity index is 807. The maximum atomic E-state index is 13.7. The van der Waals surface area contributed by atoms with Crippen molar-refractivity contribution in [3.8, 4) is 11.6 Å². The number of alkyl halides is 1. The highest BCUT2D eigenvalue weighted by Crippen LogP contribution is 2.30. The topological polar surface area (TPSA) is 22.1 Å². The summed E-state index contributed by atoms with van der Waals surface area (Å²) in [5.74, 6) is -1.91. The summed E-state index contributed by atoms with van der Waals surface area (Å²) in [4.78, 5) is 4.32. The number of rotatable bonds is 3. The van der Waals surface area contributed by atoms with E-state index in [1.807, 2.05) is 30.3 Å². The van der Waals surface area contributed by atoms with Gasteiger partial charge in [-0.1, -0.05) is 24.3 Å². The van der Waals surface area contributed by atoms with Crippen LogP contribution in [0.1, 0.15) is 5.56 Å². The van der Waals surface area contributed by atoms with Crippen LogP contribution in [0.5, 0.6) is 11.6 Å². The quantitative estimate of drug-likeness (QED) is 0.632. The van der Waals surface area contributed by atoms with Crippen LogP contribution in [0.2, 0.25) is 0 Å². The Kier molecular flexibility index (Phi) is 3.71. The Morgan fingerprint density at radius 3 is 2.67 bits per heavy atom. The minimum Gasteiger partial charge on any atom is -0.435 e. The SMILES string of the molecule is Fc1cccc(Oc2nc3ccccc3cc2CCl)c1F. The van der Waals surface area contributed by atoms with Gasteiger partial charge in [-0.25, -0.2) is 9.37 Å². The first-order valence-corrected chi connectivity index (χ1v) is 6.79. The van der Waals surface area contributed by atoms with Crippen LogP contribution in [-0.2, 0) is 5.88 Å². The zero-order chi connectivity index (χ0) is 14.8. The Hall–Kier alpha value is -2.20. The van der Waals surface area contributed by atoms with E-state index in [1.165, 1.54) is 12.1 Å². The van der Waals surface area contributed by atoms with Gasteiger partial charge in [0.25, 0.3) is 0 Å². The Morgan fingerprint density at radius 1 is 1.05 bits per heavy atom. The third-order valence-electron chi connectivity index (χ3n) is 3.03. The van der Waals surface area contributed by atoms with Crippen molar-refractivity contribution in [3.63, 3.8) is 0 Å². The fourth-order valence-corrected chi connectivity index (χ4v) is 2.18. The molecule has 0 N–H and O–H groups in total. The number of hydrogen-bond acceptors (Lipinski definition) is 2. The van der Waals surface area contributed by atoms with Crippen molar-refractivity contribution in [2.45, 2.75) is 5.88 Å². The maximum Gasteiger partial charge on any atom is 0.224 e. The highest BCUT2D eigenvalue weighted by molar-refractivity contribution is 6.17. The largest absolute Gasteiger partial charge is 0.435 e. The normalized spacial score (nSPS) is 10.8. The lowest BCUT2D eigenvalue weighted by molar-refractivity contribution is 0.404. The molecule has 0 saturated heterocycles. The molecule has 5 heteroatoms. The van der Waals surface area contributed by atoms with Crippen molar-refractivity contribution in [2.75, 3.05) is 0 Å². The number of halogens is 3. The maximum absolute atomic E-state index is 13.7. The fraction of sp³-hybridized carbons (Fsp3) is 0.0625. The molecule has 0 amide bonds. The van der Waals surface area contributed by atoms with Crippen LogP contribution in [0.25, 0.3) is 10.9 Å². The van der Waals surface area contributed by atoms with E-state index in [0.717, 1.165) is 11.5 Å². The molecular formula is C16H10ClF2NO. The number of pyridine rings is 1. The summed E-state index contributed by atoms with van der Waals surface area (Å²) in [6, 6.07) is 13.0. The molecule has 0 fully saturated rings. The molecule has 21 heavy (non-hydrogen) atoms. The highest BCUT2D eigenvalue weighted by atomic mass is 35.5. The lowest BCUT2D eigenvalue weighted by Crippen LogP contribution is -1.97. The van der Waals surface area contributed by atoms with Gasteiger partial charge in [0.1, 0.15) is 0 Å². The summed E-state index contributed by atoms with van der Waals surface area (Å²) >= 11 is 5.88. The molecule has 0 atom stereocenters. The molecular weight excluding hydrogens is 296 g/mol. The molecule has 0 unspecified atom stereocenters. The number of aromatic nitrogens is 1. The first kappa shape index (κ1) is 13.8. The average molecular weight is 306 g/mol.